The Morgan fingerprint density at radius 2 is 1.08 bits per heavy atom. The van der Waals surface area contributed by atoms with E-state index in [4.69, 9.17) is 22.9 Å². The van der Waals surface area contributed by atoms with Crippen molar-refractivity contribution in [2.45, 2.75) is 151 Å². The minimum Gasteiger partial charge on any atom is -0.508 e. The van der Waals surface area contributed by atoms with Gasteiger partial charge in [0.15, 0.2) is 0 Å². The number of hydrogen-bond donors (Lipinski definition) is 18. The van der Waals surface area contributed by atoms with Crippen LogP contribution in [-0.4, -0.2) is 185 Å². The summed E-state index contributed by atoms with van der Waals surface area (Å²) in [4.78, 5) is 202. The zero-order chi connectivity index (χ0) is 76.8. The number of nitrogens with zero attached hydrogens (tertiary/aromatic N) is 2. The van der Waals surface area contributed by atoms with Crippen molar-refractivity contribution in [1.82, 2.24) is 67.7 Å². The molecular weight excluding hydrogens is 1370 g/mol. The minimum absolute atomic E-state index is 0.120. The highest BCUT2D eigenvalue weighted by Gasteiger charge is 2.51. The summed E-state index contributed by atoms with van der Waals surface area (Å²) in [7, 11) is 0. The molecule has 7 aromatic rings. The SMILES string of the molecule is C[C@@H]1NC(=O)[C@H](CC(N)=O)NC(=O)[C@H](Cc2c[nH]c3ccccc23)NC(=O)[C@H](CCCCN)NC(=O)[C@@H](Cc2ccccc2)NC(=O)[C@H](Cc2c[nH]cn2)NC(=O)[C@@H](NC(=O)[C@@H](N)Cc2ccc(O)cc2)CC(=O)N([C@@H](Cc2ccc(O)cc2)C(N)=O)[C@@](C)(C(=O)O)NC(=O)[C@H](Cc2ccccc2)NC1=O. The van der Waals surface area contributed by atoms with Gasteiger partial charge in [0, 0.05) is 55.4 Å². The van der Waals surface area contributed by atoms with Crippen molar-refractivity contribution in [2.75, 3.05) is 6.54 Å². The van der Waals surface area contributed by atoms with E-state index in [9.17, 15) is 48.9 Å². The molecular formula is C73H87N17O16. The van der Waals surface area contributed by atoms with E-state index in [-0.39, 0.29) is 61.4 Å². The van der Waals surface area contributed by atoms with E-state index >= 15 is 28.8 Å². The number of imidazole rings is 1. The lowest BCUT2D eigenvalue weighted by Crippen LogP contribution is -2.72. The monoisotopic (exact) mass is 1460 g/mol. The first kappa shape index (κ1) is 79.2. The van der Waals surface area contributed by atoms with Crippen LogP contribution >= 0.6 is 0 Å². The molecule has 11 atom stereocenters. The molecule has 1 saturated heterocycles. The summed E-state index contributed by atoms with van der Waals surface area (Å²) in [6.45, 7) is 2.10. The van der Waals surface area contributed by atoms with E-state index in [1.165, 1.54) is 61.1 Å². The van der Waals surface area contributed by atoms with E-state index in [1.807, 2.05) is 0 Å². The number of carbonyl (C=O) groups is 13. The molecule has 0 unspecified atom stereocenters. The third kappa shape index (κ3) is 22.0. The number of unbranched alkanes of at least 4 members (excludes halogenated alkanes) is 1. The maximum atomic E-state index is 15.8. The average Bonchev–Trinajstić information content (AvgIpc) is 0.892. The van der Waals surface area contributed by atoms with Gasteiger partial charge in [-0.3, -0.25) is 62.4 Å². The van der Waals surface area contributed by atoms with Gasteiger partial charge in [0.1, 0.15) is 65.9 Å². The normalized spacial score (nSPS) is 22.1. The van der Waals surface area contributed by atoms with Crippen LogP contribution in [0.25, 0.3) is 10.9 Å². The highest BCUT2D eigenvalue weighted by Crippen LogP contribution is 2.26. The van der Waals surface area contributed by atoms with Crippen LogP contribution in [0.1, 0.15) is 79.5 Å². The summed E-state index contributed by atoms with van der Waals surface area (Å²) >= 11 is 0. The molecule has 2 aromatic heterocycles. The van der Waals surface area contributed by atoms with Crippen LogP contribution in [0.15, 0.2) is 152 Å². The van der Waals surface area contributed by atoms with Gasteiger partial charge < -0.3 is 96.1 Å². The Bertz CT molecular complexity index is 4280. The number of para-hydroxylation sites is 1. The van der Waals surface area contributed by atoms with Crippen LogP contribution in [0.5, 0.6) is 11.5 Å². The molecule has 1 aliphatic rings. The number of aromatic amines is 2. The number of amides is 12. The number of phenols is 2. The molecule has 1 fully saturated rings. The number of nitrogens with one attached hydrogen (secondary N) is 11. The number of H-pyrrole nitrogens is 2. The number of fused-ring (bicyclic) bond motifs is 1. The van der Waals surface area contributed by atoms with E-state index in [1.54, 1.807) is 91.1 Å². The molecule has 5 aromatic carbocycles. The van der Waals surface area contributed by atoms with Crippen LogP contribution in [0.4, 0.5) is 0 Å². The Morgan fingerprint density at radius 3 is 1.63 bits per heavy atom. The van der Waals surface area contributed by atoms with Gasteiger partial charge >= 0.3 is 5.97 Å². The van der Waals surface area contributed by atoms with Crippen LogP contribution in [0.2, 0.25) is 0 Å². The van der Waals surface area contributed by atoms with E-state index in [2.05, 4.69) is 62.8 Å². The lowest BCUT2D eigenvalue weighted by atomic mass is 9.97. The molecule has 0 bridgehead atoms. The fourth-order valence-electron chi connectivity index (χ4n) is 12.1. The number of carboxylic acid groups (broad SMARTS) is 1. The van der Waals surface area contributed by atoms with Gasteiger partial charge in [0.05, 0.1) is 30.9 Å². The highest BCUT2D eigenvalue weighted by molar-refractivity contribution is 6.02. The molecule has 1 aliphatic heterocycles. The van der Waals surface area contributed by atoms with Gasteiger partial charge in [-0.25, -0.2) is 9.78 Å². The summed E-state index contributed by atoms with van der Waals surface area (Å²) in [5.41, 5.74) is 23.6. The number of hydrogen-bond acceptors (Lipinski definition) is 18. The molecule has 8 rings (SSSR count). The number of phenolic OH excluding ortho intramolecular Hbond substituents is 2. The average molecular weight is 1460 g/mol. The molecule has 0 saturated carbocycles. The van der Waals surface area contributed by atoms with Crippen LogP contribution in [-0.2, 0) is 101 Å². The summed E-state index contributed by atoms with van der Waals surface area (Å²) in [5, 5.41) is 55.3. The number of aromatic nitrogens is 3. The molecule has 106 heavy (non-hydrogen) atoms. The first-order chi connectivity index (χ1) is 50.6. The number of benzene rings is 5. The third-order valence-corrected chi connectivity index (χ3v) is 17.8. The minimum atomic E-state index is -3.18. The molecule has 22 N–H and O–H groups in total. The van der Waals surface area contributed by atoms with Crippen molar-refractivity contribution < 1.29 is 77.6 Å². The number of aromatic hydroxyl groups is 2. The second kappa shape index (κ2) is 37.1. The standard InChI is InChI=1S/C73H87N17O16/c1-40-63(96)83-54(31-42-15-7-4-8-16-42)71(104)89-73(2,72(105)106)90(59(62(77)95)32-44-22-26-48(92)27-23-44)61(94)36-58(84-64(97)50(75)29-43-20-24-47(91)25-21-43)70(103)87-56(34-46-38-78-39-80-46)69(102)85-53(30-41-13-5-3-6-14-41)67(100)82-52(19-11-12-28-74)65(98)86-55(33-45-37-79-51-18-10-9-17-49(45)51)68(101)88-57(35-60(76)93)66(99)81-40/h3-10,13-18,20-27,37-40,50,52-59,79,91-92H,11-12,19,28-36,74-75H2,1-2H3,(H2,76,93)(H2,77,95)(H,78,80)(H,81,99)(H,82,100)(H,83,96)(H,84,97)(H,85,102)(H,86,98)(H,87,103)(H,88,101)(H,89,104)(H,105,106)/t40-,50-,52-,53+,54-,55-,56-,57-,58-,59-,73-/m0/s1. The predicted octanol–water partition coefficient (Wildman–Crippen LogP) is -1.71. The molecule has 0 spiro atoms. The van der Waals surface area contributed by atoms with Gasteiger partial charge in [0.2, 0.25) is 76.5 Å². The first-order valence-electron chi connectivity index (χ1n) is 34.1. The number of primary amides is 2. The highest BCUT2D eigenvalue weighted by atomic mass is 16.4. The Labute approximate surface area is 607 Å². The van der Waals surface area contributed by atoms with Crippen molar-refractivity contribution in [3.05, 3.63) is 186 Å². The fraction of sp³-hybridized carbons (Fsp3) is 0.342. The smallest absolute Gasteiger partial charge is 0.350 e. The maximum absolute atomic E-state index is 15.8. The number of aliphatic carboxylic acids is 1. The van der Waals surface area contributed by atoms with Crippen LogP contribution in [0.3, 0.4) is 0 Å². The molecule has 560 valence electrons. The number of carboxylic acids is 1. The van der Waals surface area contributed by atoms with E-state index < -0.39 is 175 Å². The Balaban J connectivity index is 1.29. The quantitative estimate of drug-likeness (QED) is 0.0317. The Hall–Kier alpha value is -12.5. The van der Waals surface area contributed by atoms with Crippen molar-refractivity contribution in [2.24, 2.45) is 22.9 Å². The largest absolute Gasteiger partial charge is 0.508 e. The van der Waals surface area contributed by atoms with E-state index in [0.29, 0.717) is 44.5 Å². The van der Waals surface area contributed by atoms with Gasteiger partial charge in [-0.05, 0) is 104 Å². The second-order valence-corrected chi connectivity index (χ2v) is 25.9. The summed E-state index contributed by atoms with van der Waals surface area (Å²) in [6, 6.07) is 15.8. The zero-order valence-corrected chi connectivity index (χ0v) is 58.0. The Morgan fingerprint density at radius 1 is 0.575 bits per heavy atom. The molecule has 0 aliphatic carbocycles. The Kier molecular flexibility index (Phi) is 27.7. The van der Waals surface area contributed by atoms with Gasteiger partial charge in [-0.1, -0.05) is 103 Å². The molecule has 33 nitrogen and oxygen atoms in total. The van der Waals surface area contributed by atoms with Gasteiger partial charge in [-0.15, -0.1) is 0 Å². The molecule has 33 heteroatoms. The number of carbonyl (C=O) groups excluding carboxylic acids is 12. The maximum Gasteiger partial charge on any atom is 0.350 e. The summed E-state index contributed by atoms with van der Waals surface area (Å²) < 4.78 is 0. The van der Waals surface area contributed by atoms with Crippen molar-refractivity contribution >= 4 is 87.8 Å². The lowest BCUT2D eigenvalue weighted by molar-refractivity contribution is -0.168. The van der Waals surface area contributed by atoms with Gasteiger partial charge in [0.25, 0.3) is 0 Å². The predicted molar refractivity (Wildman–Crippen MR) is 383 cm³/mol. The summed E-state index contributed by atoms with van der Waals surface area (Å²) in [5.74, 6) is -16.7. The van der Waals surface area contributed by atoms with Crippen molar-refractivity contribution in [3.63, 3.8) is 0 Å². The summed E-state index contributed by atoms with van der Waals surface area (Å²) in [6.07, 6.45) is -0.0305. The second-order valence-electron chi connectivity index (χ2n) is 25.9. The van der Waals surface area contributed by atoms with Crippen LogP contribution < -0.4 is 70.8 Å². The van der Waals surface area contributed by atoms with Crippen molar-refractivity contribution in [1.29, 1.82) is 0 Å². The molecule has 12 amide bonds. The fourth-order valence-corrected chi connectivity index (χ4v) is 12.1. The lowest BCUT2D eigenvalue weighted by Gasteiger charge is -2.43. The zero-order valence-electron chi connectivity index (χ0n) is 58.0. The van der Waals surface area contributed by atoms with Gasteiger partial charge in [-0.2, -0.15) is 0 Å². The third-order valence-electron chi connectivity index (χ3n) is 17.8. The topological polar surface area (TPSA) is 543 Å². The van der Waals surface area contributed by atoms with E-state index in [0.717, 1.165) is 13.8 Å². The number of rotatable bonds is 23. The van der Waals surface area contributed by atoms with Crippen molar-refractivity contribution in [3.8, 4) is 11.5 Å². The number of nitrogens with two attached hydrogens (primary N) is 4. The molecule has 0 radical (unpaired) electrons. The first-order valence-corrected chi connectivity index (χ1v) is 34.1. The molecule has 3 heterocycles. The van der Waals surface area contributed by atoms with Crippen LogP contribution in [0, 0.1) is 0 Å².